The fourth-order valence-corrected chi connectivity index (χ4v) is 1.76. The van der Waals surface area contributed by atoms with Crippen molar-refractivity contribution in [1.82, 2.24) is 5.32 Å². The first-order valence-corrected chi connectivity index (χ1v) is 5.47. The molecule has 0 unspecified atom stereocenters. The largest absolute Gasteiger partial charge is 0.381 e. The zero-order chi connectivity index (χ0) is 10.6. The molecule has 1 saturated carbocycles. The summed E-state index contributed by atoms with van der Waals surface area (Å²) in [6, 6.07) is 0.625. The van der Waals surface area contributed by atoms with Crippen LogP contribution in [-0.4, -0.2) is 38.0 Å². The van der Waals surface area contributed by atoms with Gasteiger partial charge < -0.3 is 14.8 Å². The molecule has 0 saturated heterocycles. The molecule has 0 amide bonds. The molecule has 0 aromatic rings. The summed E-state index contributed by atoms with van der Waals surface area (Å²) in [6.45, 7) is 7.97. The highest BCUT2D eigenvalue weighted by Crippen LogP contribution is 2.23. The van der Waals surface area contributed by atoms with Gasteiger partial charge >= 0.3 is 0 Å². The molecule has 0 bridgehead atoms. The molecule has 0 atom stereocenters. The molecular weight excluding hydrogens is 178 g/mol. The quantitative estimate of drug-likeness (QED) is 0.707. The second-order valence-corrected chi connectivity index (χ2v) is 4.60. The van der Waals surface area contributed by atoms with Crippen LogP contribution in [0.2, 0.25) is 0 Å². The molecule has 0 spiro atoms. The van der Waals surface area contributed by atoms with Crippen molar-refractivity contribution >= 4 is 0 Å². The molecule has 1 aliphatic rings. The van der Waals surface area contributed by atoms with E-state index >= 15 is 0 Å². The van der Waals surface area contributed by atoms with Crippen molar-refractivity contribution in [2.24, 2.45) is 0 Å². The third-order valence-corrected chi connectivity index (χ3v) is 2.78. The lowest BCUT2D eigenvalue weighted by Gasteiger charge is -2.37. The molecular formula is C11H23NO2. The Morgan fingerprint density at radius 3 is 2.50 bits per heavy atom. The number of hydrogen-bond acceptors (Lipinski definition) is 3. The Morgan fingerprint density at radius 2 is 2.00 bits per heavy atom. The SMILES string of the molecule is CCOC(C)(C)CNC1CC(OC)C1. The molecule has 84 valence electrons. The Bertz CT molecular complexity index is 165. The highest BCUT2D eigenvalue weighted by molar-refractivity contribution is 4.87. The maximum Gasteiger partial charge on any atom is 0.0750 e. The van der Waals surface area contributed by atoms with Gasteiger partial charge in [0.2, 0.25) is 0 Å². The van der Waals surface area contributed by atoms with E-state index in [4.69, 9.17) is 9.47 Å². The van der Waals surface area contributed by atoms with Crippen LogP contribution >= 0.6 is 0 Å². The van der Waals surface area contributed by atoms with Crippen LogP contribution in [0.4, 0.5) is 0 Å². The van der Waals surface area contributed by atoms with Gasteiger partial charge in [0.1, 0.15) is 0 Å². The van der Waals surface area contributed by atoms with Crippen LogP contribution in [0, 0.1) is 0 Å². The summed E-state index contributed by atoms with van der Waals surface area (Å²) in [4.78, 5) is 0. The van der Waals surface area contributed by atoms with Crippen molar-refractivity contribution < 1.29 is 9.47 Å². The van der Waals surface area contributed by atoms with Crippen LogP contribution in [0.25, 0.3) is 0 Å². The fraction of sp³-hybridized carbons (Fsp3) is 1.00. The zero-order valence-electron chi connectivity index (χ0n) is 9.80. The molecule has 3 nitrogen and oxygen atoms in total. The van der Waals surface area contributed by atoms with Crippen molar-refractivity contribution in [3.8, 4) is 0 Å². The van der Waals surface area contributed by atoms with E-state index in [1.165, 1.54) is 0 Å². The third kappa shape index (κ3) is 3.56. The number of hydrogen-bond donors (Lipinski definition) is 1. The molecule has 0 radical (unpaired) electrons. The van der Waals surface area contributed by atoms with E-state index in [0.29, 0.717) is 12.1 Å². The summed E-state index contributed by atoms with van der Waals surface area (Å²) >= 11 is 0. The smallest absolute Gasteiger partial charge is 0.0750 e. The molecule has 0 aromatic carbocycles. The van der Waals surface area contributed by atoms with Gasteiger partial charge in [-0.25, -0.2) is 0 Å². The standard InChI is InChI=1S/C11H23NO2/c1-5-14-11(2,3)8-12-9-6-10(7-9)13-4/h9-10,12H,5-8H2,1-4H3. The average Bonchev–Trinajstić information content (AvgIpc) is 2.01. The highest BCUT2D eigenvalue weighted by Gasteiger charge is 2.30. The van der Waals surface area contributed by atoms with E-state index < -0.39 is 0 Å². The lowest BCUT2D eigenvalue weighted by Crippen LogP contribution is -2.50. The van der Waals surface area contributed by atoms with E-state index in [1.807, 2.05) is 6.92 Å². The van der Waals surface area contributed by atoms with Gasteiger partial charge in [0.25, 0.3) is 0 Å². The van der Waals surface area contributed by atoms with E-state index in [0.717, 1.165) is 26.0 Å². The molecule has 1 N–H and O–H groups in total. The predicted molar refractivity (Wildman–Crippen MR) is 57.5 cm³/mol. The zero-order valence-corrected chi connectivity index (χ0v) is 9.80. The van der Waals surface area contributed by atoms with E-state index in [1.54, 1.807) is 7.11 Å². The van der Waals surface area contributed by atoms with Gasteiger partial charge in [0.05, 0.1) is 11.7 Å². The van der Waals surface area contributed by atoms with Gasteiger partial charge in [-0.05, 0) is 33.6 Å². The van der Waals surface area contributed by atoms with Gasteiger partial charge in [-0.3, -0.25) is 0 Å². The van der Waals surface area contributed by atoms with Gasteiger partial charge in [0, 0.05) is 26.3 Å². The summed E-state index contributed by atoms with van der Waals surface area (Å²) in [5.41, 5.74) is -0.0487. The minimum atomic E-state index is -0.0487. The second-order valence-electron chi connectivity index (χ2n) is 4.60. The Labute approximate surface area is 87.2 Å². The lowest BCUT2D eigenvalue weighted by atomic mass is 9.89. The molecule has 1 rings (SSSR count). The molecule has 1 fully saturated rings. The van der Waals surface area contributed by atoms with Gasteiger partial charge in [-0.15, -0.1) is 0 Å². The number of methoxy groups -OCH3 is 1. The van der Waals surface area contributed by atoms with Gasteiger partial charge in [0.15, 0.2) is 0 Å². The van der Waals surface area contributed by atoms with Gasteiger partial charge in [-0.1, -0.05) is 0 Å². The molecule has 1 aliphatic carbocycles. The molecule has 0 aliphatic heterocycles. The normalized spacial score (nSPS) is 27.4. The molecule has 3 heteroatoms. The van der Waals surface area contributed by atoms with Crippen LogP contribution in [0.3, 0.4) is 0 Å². The summed E-state index contributed by atoms with van der Waals surface area (Å²) in [5, 5.41) is 3.50. The van der Waals surface area contributed by atoms with Crippen LogP contribution in [0.1, 0.15) is 33.6 Å². The maximum absolute atomic E-state index is 5.61. The monoisotopic (exact) mass is 201 g/mol. The Kier molecular flexibility index (Phi) is 4.35. The van der Waals surface area contributed by atoms with Crippen molar-refractivity contribution in [3.63, 3.8) is 0 Å². The number of nitrogens with one attached hydrogen (secondary N) is 1. The fourth-order valence-electron chi connectivity index (χ4n) is 1.76. The Balaban J connectivity index is 2.09. The molecule has 0 heterocycles. The summed E-state index contributed by atoms with van der Waals surface area (Å²) in [7, 11) is 1.78. The van der Waals surface area contributed by atoms with E-state index in [2.05, 4.69) is 19.2 Å². The number of rotatable bonds is 6. The van der Waals surface area contributed by atoms with Crippen LogP contribution < -0.4 is 5.32 Å². The van der Waals surface area contributed by atoms with Crippen molar-refractivity contribution in [3.05, 3.63) is 0 Å². The summed E-state index contributed by atoms with van der Waals surface area (Å²) in [6.07, 6.45) is 2.75. The lowest BCUT2D eigenvalue weighted by molar-refractivity contribution is -0.0246. The van der Waals surface area contributed by atoms with Crippen LogP contribution in [0.15, 0.2) is 0 Å². The predicted octanol–water partition coefficient (Wildman–Crippen LogP) is 1.57. The van der Waals surface area contributed by atoms with E-state index in [9.17, 15) is 0 Å². The first-order chi connectivity index (χ1) is 6.57. The van der Waals surface area contributed by atoms with Crippen molar-refractivity contribution in [1.29, 1.82) is 0 Å². The third-order valence-electron chi connectivity index (χ3n) is 2.78. The van der Waals surface area contributed by atoms with Crippen molar-refractivity contribution in [2.45, 2.75) is 51.4 Å². The number of ether oxygens (including phenoxy) is 2. The second kappa shape index (κ2) is 5.10. The Hall–Kier alpha value is -0.120. The average molecular weight is 201 g/mol. The highest BCUT2D eigenvalue weighted by atomic mass is 16.5. The van der Waals surface area contributed by atoms with Gasteiger partial charge in [-0.2, -0.15) is 0 Å². The van der Waals surface area contributed by atoms with E-state index in [-0.39, 0.29) is 5.60 Å². The Morgan fingerprint density at radius 1 is 1.36 bits per heavy atom. The van der Waals surface area contributed by atoms with Crippen LogP contribution in [0.5, 0.6) is 0 Å². The topological polar surface area (TPSA) is 30.5 Å². The first-order valence-electron chi connectivity index (χ1n) is 5.47. The minimum absolute atomic E-state index is 0.0487. The van der Waals surface area contributed by atoms with Crippen LogP contribution in [-0.2, 0) is 9.47 Å². The first kappa shape index (κ1) is 12.0. The molecule has 0 aromatic heterocycles. The summed E-state index contributed by atoms with van der Waals surface area (Å²) in [5.74, 6) is 0. The minimum Gasteiger partial charge on any atom is -0.381 e. The maximum atomic E-state index is 5.61. The summed E-state index contributed by atoms with van der Waals surface area (Å²) < 4.78 is 10.8. The molecule has 14 heavy (non-hydrogen) atoms. The van der Waals surface area contributed by atoms with Crippen molar-refractivity contribution in [2.75, 3.05) is 20.3 Å².